The van der Waals surface area contributed by atoms with E-state index in [4.69, 9.17) is 9.26 Å². The zero-order valence-electron chi connectivity index (χ0n) is 15.0. The lowest BCUT2D eigenvalue weighted by Gasteiger charge is -2.43. The van der Waals surface area contributed by atoms with Gasteiger partial charge in [0, 0.05) is 37.2 Å². The third-order valence-corrected chi connectivity index (χ3v) is 5.28. The Labute approximate surface area is 139 Å². The maximum absolute atomic E-state index is 5.53. The van der Waals surface area contributed by atoms with Gasteiger partial charge in [-0.25, -0.2) is 0 Å². The van der Waals surface area contributed by atoms with Crippen LogP contribution in [0.25, 0.3) is 0 Å². The predicted octanol–water partition coefficient (Wildman–Crippen LogP) is 3.05. The van der Waals surface area contributed by atoms with E-state index < -0.39 is 0 Å². The molecule has 0 N–H and O–H groups in total. The van der Waals surface area contributed by atoms with Crippen LogP contribution in [0.1, 0.15) is 64.0 Å². The van der Waals surface area contributed by atoms with Crippen LogP contribution >= 0.6 is 0 Å². The molecule has 130 valence electrons. The van der Waals surface area contributed by atoms with Crippen molar-refractivity contribution in [1.82, 2.24) is 15.0 Å². The van der Waals surface area contributed by atoms with Gasteiger partial charge in [-0.1, -0.05) is 19.0 Å². The highest BCUT2D eigenvalue weighted by molar-refractivity contribution is 5.14. The highest BCUT2D eigenvalue weighted by Gasteiger charge is 2.36. The topological polar surface area (TPSA) is 41.7 Å². The fraction of sp³-hybridized carbons (Fsp3) is 0.833. The normalized spacial score (nSPS) is 24.7. The van der Waals surface area contributed by atoms with Crippen molar-refractivity contribution in [2.75, 3.05) is 39.4 Å². The lowest BCUT2D eigenvalue weighted by molar-refractivity contribution is -0.0233. The first kappa shape index (κ1) is 16.9. The van der Waals surface area contributed by atoms with Gasteiger partial charge in [0.15, 0.2) is 0 Å². The van der Waals surface area contributed by atoms with Gasteiger partial charge in [-0.15, -0.1) is 0 Å². The van der Waals surface area contributed by atoms with E-state index in [1.54, 1.807) is 0 Å². The van der Waals surface area contributed by atoms with Crippen molar-refractivity contribution in [2.24, 2.45) is 0 Å². The molecule has 2 aliphatic rings. The molecule has 0 saturated carbocycles. The van der Waals surface area contributed by atoms with Gasteiger partial charge in [0.25, 0.3) is 0 Å². The summed E-state index contributed by atoms with van der Waals surface area (Å²) in [5.74, 6) is 1.40. The molecule has 0 aromatic carbocycles. The molecule has 0 radical (unpaired) electrons. The van der Waals surface area contributed by atoms with Crippen LogP contribution in [0.2, 0.25) is 0 Å². The van der Waals surface area contributed by atoms with E-state index in [1.807, 2.05) is 0 Å². The smallest absolute Gasteiger partial charge is 0.139 e. The molecule has 0 bridgehead atoms. The van der Waals surface area contributed by atoms with Gasteiger partial charge in [0.2, 0.25) is 0 Å². The van der Waals surface area contributed by atoms with E-state index in [0.717, 1.165) is 50.8 Å². The molecule has 3 heterocycles. The number of aromatic nitrogens is 1. The lowest BCUT2D eigenvalue weighted by atomic mass is 10.00. The van der Waals surface area contributed by atoms with E-state index in [1.165, 1.54) is 12.8 Å². The van der Waals surface area contributed by atoms with Crippen LogP contribution in [0.15, 0.2) is 10.6 Å². The van der Waals surface area contributed by atoms with E-state index >= 15 is 0 Å². The third kappa shape index (κ3) is 3.78. The zero-order chi connectivity index (χ0) is 16.4. The van der Waals surface area contributed by atoms with E-state index in [-0.39, 0.29) is 5.54 Å². The molecule has 0 unspecified atom stereocenters. The summed E-state index contributed by atoms with van der Waals surface area (Å²) in [6.45, 7) is 15.0. The highest BCUT2D eigenvalue weighted by Crippen LogP contribution is 2.34. The molecule has 2 saturated heterocycles. The first-order valence-electron chi connectivity index (χ1n) is 9.01. The summed E-state index contributed by atoms with van der Waals surface area (Å²) in [5, 5.41) is 4.36. The molecule has 3 rings (SSSR count). The molecule has 1 atom stereocenters. The fourth-order valence-electron chi connectivity index (χ4n) is 3.85. The average Bonchev–Trinajstić information content (AvgIpc) is 3.16. The standard InChI is InChI=1S/C18H31N3O2/c1-14(2)17-12-15(19-23-17)16-6-5-7-20(16)13-18(3,4)21-8-10-22-11-9-21/h12,14,16H,5-11,13H2,1-4H3/t16-/m0/s1. The number of hydrogen-bond acceptors (Lipinski definition) is 5. The molecule has 5 nitrogen and oxygen atoms in total. The molecule has 0 amide bonds. The second kappa shape index (κ2) is 6.91. The number of rotatable bonds is 5. The van der Waals surface area contributed by atoms with Gasteiger partial charge in [-0.2, -0.15) is 0 Å². The van der Waals surface area contributed by atoms with Crippen molar-refractivity contribution in [1.29, 1.82) is 0 Å². The van der Waals surface area contributed by atoms with Gasteiger partial charge in [-0.3, -0.25) is 9.80 Å². The Kier molecular flexibility index (Phi) is 5.09. The van der Waals surface area contributed by atoms with Crippen molar-refractivity contribution in [3.63, 3.8) is 0 Å². The minimum Gasteiger partial charge on any atom is -0.379 e. The van der Waals surface area contributed by atoms with Crippen LogP contribution < -0.4 is 0 Å². The Bertz CT molecular complexity index is 506. The Morgan fingerprint density at radius 2 is 2.00 bits per heavy atom. The summed E-state index contributed by atoms with van der Waals surface area (Å²) < 4.78 is 11.0. The van der Waals surface area contributed by atoms with Crippen LogP contribution in [0.4, 0.5) is 0 Å². The molecule has 2 aliphatic heterocycles. The molecule has 0 spiro atoms. The highest BCUT2D eigenvalue weighted by atomic mass is 16.5. The molecule has 23 heavy (non-hydrogen) atoms. The van der Waals surface area contributed by atoms with E-state index in [2.05, 4.69) is 48.7 Å². The Balaban J connectivity index is 1.68. The van der Waals surface area contributed by atoms with Crippen molar-refractivity contribution >= 4 is 0 Å². The second-order valence-electron chi connectivity index (χ2n) is 7.85. The second-order valence-corrected chi connectivity index (χ2v) is 7.85. The van der Waals surface area contributed by atoms with Gasteiger partial charge in [0.1, 0.15) is 11.5 Å². The van der Waals surface area contributed by atoms with Crippen LogP contribution in [-0.2, 0) is 4.74 Å². The van der Waals surface area contributed by atoms with Crippen LogP contribution in [0.5, 0.6) is 0 Å². The molecule has 5 heteroatoms. The molecule has 0 aliphatic carbocycles. The van der Waals surface area contributed by atoms with Crippen LogP contribution in [0, 0.1) is 0 Å². The number of hydrogen-bond donors (Lipinski definition) is 0. The maximum atomic E-state index is 5.53. The number of nitrogens with zero attached hydrogens (tertiary/aromatic N) is 3. The summed E-state index contributed by atoms with van der Waals surface area (Å²) in [6.07, 6.45) is 2.43. The number of morpholine rings is 1. The third-order valence-electron chi connectivity index (χ3n) is 5.28. The summed E-state index contributed by atoms with van der Waals surface area (Å²) in [4.78, 5) is 5.16. The quantitative estimate of drug-likeness (QED) is 0.834. The Hall–Kier alpha value is -0.910. The van der Waals surface area contributed by atoms with E-state index in [9.17, 15) is 0 Å². The molecule has 1 aromatic rings. The van der Waals surface area contributed by atoms with Crippen molar-refractivity contribution in [3.8, 4) is 0 Å². The maximum Gasteiger partial charge on any atom is 0.139 e. The monoisotopic (exact) mass is 321 g/mol. The van der Waals surface area contributed by atoms with E-state index in [0.29, 0.717) is 12.0 Å². The Morgan fingerprint density at radius 1 is 1.26 bits per heavy atom. The van der Waals surface area contributed by atoms with Gasteiger partial charge in [0.05, 0.1) is 19.3 Å². The number of ether oxygens (including phenoxy) is 1. The first-order chi connectivity index (χ1) is 11.0. The minimum atomic E-state index is 0.164. The zero-order valence-corrected chi connectivity index (χ0v) is 15.0. The van der Waals surface area contributed by atoms with Crippen LogP contribution in [0.3, 0.4) is 0 Å². The van der Waals surface area contributed by atoms with Crippen LogP contribution in [-0.4, -0.2) is 59.9 Å². The molecular weight excluding hydrogens is 290 g/mol. The van der Waals surface area contributed by atoms with Gasteiger partial charge < -0.3 is 9.26 Å². The SMILES string of the molecule is CC(C)c1cc([C@@H]2CCCN2CC(C)(C)N2CCOCC2)no1. The summed E-state index contributed by atoms with van der Waals surface area (Å²) in [6, 6.07) is 2.57. The molecule has 2 fully saturated rings. The van der Waals surface area contributed by atoms with Crippen molar-refractivity contribution in [2.45, 2.75) is 58.0 Å². The Morgan fingerprint density at radius 3 is 2.65 bits per heavy atom. The minimum absolute atomic E-state index is 0.164. The largest absolute Gasteiger partial charge is 0.379 e. The fourth-order valence-corrected chi connectivity index (χ4v) is 3.85. The van der Waals surface area contributed by atoms with Crippen molar-refractivity contribution in [3.05, 3.63) is 17.5 Å². The summed E-state index contributed by atoms with van der Waals surface area (Å²) in [7, 11) is 0. The predicted molar refractivity (Wildman–Crippen MR) is 90.6 cm³/mol. The molecular formula is C18H31N3O2. The van der Waals surface area contributed by atoms with Gasteiger partial charge >= 0.3 is 0 Å². The number of likely N-dealkylation sites (tertiary alicyclic amines) is 1. The van der Waals surface area contributed by atoms with Gasteiger partial charge in [-0.05, 0) is 33.2 Å². The lowest BCUT2D eigenvalue weighted by Crippen LogP contribution is -2.55. The molecule has 1 aromatic heterocycles. The summed E-state index contributed by atoms with van der Waals surface area (Å²) in [5.41, 5.74) is 1.28. The van der Waals surface area contributed by atoms with Crippen molar-refractivity contribution < 1.29 is 9.26 Å². The summed E-state index contributed by atoms with van der Waals surface area (Å²) >= 11 is 0. The first-order valence-corrected chi connectivity index (χ1v) is 9.01. The average molecular weight is 321 g/mol.